The summed E-state index contributed by atoms with van der Waals surface area (Å²) in [7, 11) is 0. The van der Waals surface area contributed by atoms with E-state index >= 15 is 0 Å². The van der Waals surface area contributed by atoms with Crippen LogP contribution in [0.4, 0.5) is 5.69 Å². The Balaban J connectivity index is 1.67. The van der Waals surface area contributed by atoms with Crippen LogP contribution in [0.3, 0.4) is 0 Å². The Morgan fingerprint density at radius 1 is 1.18 bits per heavy atom. The van der Waals surface area contributed by atoms with Gasteiger partial charge in [-0.2, -0.15) is 0 Å². The lowest BCUT2D eigenvalue weighted by Crippen LogP contribution is -2.28. The minimum Gasteiger partial charge on any atom is -0.326 e. The fourth-order valence-electron chi connectivity index (χ4n) is 3.72. The molecule has 2 heterocycles. The molecule has 7 heteroatoms. The van der Waals surface area contributed by atoms with Crippen molar-refractivity contribution in [1.29, 1.82) is 0 Å². The minimum absolute atomic E-state index is 0.139. The zero-order valence-corrected chi connectivity index (χ0v) is 16.6. The molecule has 0 fully saturated rings. The second-order valence-electron chi connectivity index (χ2n) is 7.15. The number of Topliss-reactive ketones (excluding diaryl/α,β-unsaturated/α-hetero) is 1. The number of benzene rings is 1. The van der Waals surface area contributed by atoms with Gasteiger partial charge in [0.2, 0.25) is 5.91 Å². The number of ketones is 1. The van der Waals surface area contributed by atoms with Crippen LogP contribution >= 0.6 is 11.3 Å². The van der Waals surface area contributed by atoms with Crippen molar-refractivity contribution >= 4 is 38.9 Å². The number of rotatable bonds is 4. The number of aryl methyl sites for hydroxylation is 2. The molecule has 1 N–H and O–H groups in total. The molecule has 0 spiro atoms. The lowest BCUT2D eigenvalue weighted by atomic mass is 9.97. The number of carbonyl (C=O) groups is 2. The predicted molar refractivity (Wildman–Crippen MR) is 110 cm³/mol. The summed E-state index contributed by atoms with van der Waals surface area (Å²) in [4.78, 5) is 43.7. The molecule has 0 saturated heterocycles. The van der Waals surface area contributed by atoms with Crippen molar-refractivity contribution in [3.05, 3.63) is 57.0 Å². The Morgan fingerprint density at radius 2 is 1.89 bits per heavy atom. The molecule has 0 radical (unpaired) electrons. The first-order valence-corrected chi connectivity index (χ1v) is 10.2. The maximum absolute atomic E-state index is 13.1. The smallest absolute Gasteiger partial charge is 0.263 e. The summed E-state index contributed by atoms with van der Waals surface area (Å²) in [5, 5.41) is 3.36. The van der Waals surface area contributed by atoms with Gasteiger partial charge in [-0.3, -0.25) is 19.0 Å². The number of hydrogen-bond acceptors (Lipinski definition) is 5. The number of fused-ring (bicyclic) bond motifs is 3. The molecule has 28 heavy (non-hydrogen) atoms. The Labute approximate surface area is 166 Å². The summed E-state index contributed by atoms with van der Waals surface area (Å²) >= 11 is 1.60. The number of nitrogens with one attached hydrogen (secondary N) is 1. The lowest BCUT2D eigenvalue weighted by molar-refractivity contribution is -0.114. The molecule has 144 valence electrons. The van der Waals surface area contributed by atoms with Crippen molar-refractivity contribution in [3.8, 4) is 0 Å². The fraction of sp³-hybridized carbons (Fsp3) is 0.333. The van der Waals surface area contributed by atoms with E-state index < -0.39 is 6.04 Å². The van der Waals surface area contributed by atoms with Crippen LogP contribution in [0, 0.1) is 0 Å². The zero-order valence-electron chi connectivity index (χ0n) is 15.8. The van der Waals surface area contributed by atoms with Gasteiger partial charge >= 0.3 is 0 Å². The van der Waals surface area contributed by atoms with Crippen LogP contribution in [-0.2, 0) is 17.6 Å². The van der Waals surface area contributed by atoms with Crippen LogP contribution in [0.1, 0.15) is 53.5 Å². The van der Waals surface area contributed by atoms with Crippen LogP contribution in [0.15, 0.2) is 35.4 Å². The topological polar surface area (TPSA) is 81.1 Å². The van der Waals surface area contributed by atoms with Gasteiger partial charge in [0.25, 0.3) is 5.56 Å². The second kappa shape index (κ2) is 7.31. The molecule has 6 nitrogen and oxygen atoms in total. The van der Waals surface area contributed by atoms with E-state index in [1.54, 1.807) is 42.5 Å². The first-order valence-electron chi connectivity index (χ1n) is 9.39. The van der Waals surface area contributed by atoms with Crippen molar-refractivity contribution in [2.24, 2.45) is 0 Å². The van der Waals surface area contributed by atoms with Crippen LogP contribution in [0.2, 0.25) is 0 Å². The summed E-state index contributed by atoms with van der Waals surface area (Å²) in [6, 6.07) is 6.03. The average molecular weight is 395 g/mol. The Kier molecular flexibility index (Phi) is 4.85. The summed E-state index contributed by atoms with van der Waals surface area (Å²) in [6.45, 7) is 3.15. The van der Waals surface area contributed by atoms with E-state index in [0.29, 0.717) is 16.6 Å². The molecule has 1 aliphatic rings. The third-order valence-corrected chi connectivity index (χ3v) is 6.39. The first kappa shape index (κ1) is 18.6. The highest BCUT2D eigenvalue weighted by Crippen LogP contribution is 2.33. The molecule has 0 aliphatic heterocycles. The molecule has 2 aromatic heterocycles. The summed E-state index contributed by atoms with van der Waals surface area (Å²) in [6.07, 6.45) is 5.63. The van der Waals surface area contributed by atoms with Gasteiger partial charge in [-0.05, 0) is 62.4 Å². The normalized spacial score (nSPS) is 14.5. The Morgan fingerprint density at radius 3 is 2.61 bits per heavy atom. The number of carbonyl (C=O) groups excluding carboxylic acids is 2. The summed E-state index contributed by atoms with van der Waals surface area (Å²) < 4.78 is 1.44. The van der Waals surface area contributed by atoms with E-state index in [1.807, 2.05) is 0 Å². The monoisotopic (exact) mass is 395 g/mol. The van der Waals surface area contributed by atoms with E-state index in [0.717, 1.165) is 36.1 Å². The molecule has 1 atom stereocenters. The molecule has 1 aliphatic carbocycles. The zero-order chi connectivity index (χ0) is 19.8. The van der Waals surface area contributed by atoms with Crippen LogP contribution in [-0.4, -0.2) is 21.2 Å². The molecule has 1 aromatic carbocycles. The molecule has 0 saturated carbocycles. The second-order valence-corrected chi connectivity index (χ2v) is 8.23. The molecular formula is C21H21N3O3S. The largest absolute Gasteiger partial charge is 0.326 e. The minimum atomic E-state index is -0.657. The van der Waals surface area contributed by atoms with Crippen molar-refractivity contribution < 1.29 is 9.59 Å². The van der Waals surface area contributed by atoms with Crippen molar-refractivity contribution in [2.75, 3.05) is 5.32 Å². The van der Waals surface area contributed by atoms with Gasteiger partial charge in [0.15, 0.2) is 5.78 Å². The number of nitrogens with zero attached hydrogens (tertiary/aromatic N) is 2. The van der Waals surface area contributed by atoms with Gasteiger partial charge in [0, 0.05) is 23.1 Å². The molecule has 0 bridgehead atoms. The molecule has 3 aromatic rings. The van der Waals surface area contributed by atoms with Gasteiger partial charge in [-0.25, -0.2) is 4.98 Å². The van der Waals surface area contributed by atoms with Gasteiger partial charge in [0.1, 0.15) is 4.83 Å². The summed E-state index contributed by atoms with van der Waals surface area (Å²) in [5.41, 5.74) is 2.10. The van der Waals surface area contributed by atoms with Gasteiger partial charge < -0.3 is 5.32 Å². The SMILES string of the molecule is CC(=O)Nc1ccc(C(=O)C(C)n2cnc3sc4c(c3c2=O)CCCC4)cc1. The van der Waals surface area contributed by atoms with E-state index in [9.17, 15) is 14.4 Å². The average Bonchev–Trinajstić information content (AvgIpc) is 3.07. The maximum atomic E-state index is 13.1. The highest BCUT2D eigenvalue weighted by atomic mass is 32.1. The Hall–Kier alpha value is -2.80. The number of anilines is 1. The number of hydrogen-bond donors (Lipinski definition) is 1. The number of amides is 1. The van der Waals surface area contributed by atoms with Crippen LogP contribution < -0.4 is 10.9 Å². The van der Waals surface area contributed by atoms with E-state index in [-0.39, 0.29) is 17.2 Å². The molecule has 1 amide bonds. The van der Waals surface area contributed by atoms with Crippen molar-refractivity contribution in [3.63, 3.8) is 0 Å². The van der Waals surface area contributed by atoms with Crippen LogP contribution in [0.25, 0.3) is 10.2 Å². The van der Waals surface area contributed by atoms with Crippen molar-refractivity contribution in [2.45, 2.75) is 45.6 Å². The quantitative estimate of drug-likeness (QED) is 0.683. The number of thiophene rings is 1. The highest BCUT2D eigenvalue weighted by molar-refractivity contribution is 7.18. The molecule has 4 rings (SSSR count). The van der Waals surface area contributed by atoms with E-state index in [1.165, 1.54) is 22.7 Å². The van der Waals surface area contributed by atoms with E-state index in [2.05, 4.69) is 10.3 Å². The highest BCUT2D eigenvalue weighted by Gasteiger charge is 2.23. The fourth-order valence-corrected chi connectivity index (χ4v) is 4.94. The number of aromatic nitrogens is 2. The lowest BCUT2D eigenvalue weighted by Gasteiger charge is -2.15. The van der Waals surface area contributed by atoms with Gasteiger partial charge in [-0.15, -0.1) is 11.3 Å². The first-order chi connectivity index (χ1) is 13.5. The molecular weight excluding hydrogens is 374 g/mol. The van der Waals surface area contributed by atoms with Gasteiger partial charge in [-0.1, -0.05) is 0 Å². The standard InChI is InChI=1S/C21H21N3O3S/c1-12(19(26)14-7-9-15(10-8-14)23-13(2)25)24-11-22-20-18(21(24)27)16-5-3-4-6-17(16)28-20/h7-12H,3-6H2,1-2H3,(H,23,25). The molecule has 1 unspecified atom stereocenters. The van der Waals surface area contributed by atoms with Crippen LogP contribution in [0.5, 0.6) is 0 Å². The summed E-state index contributed by atoms with van der Waals surface area (Å²) in [5.74, 6) is -0.334. The predicted octanol–water partition coefficient (Wildman–Crippen LogP) is 3.74. The Bertz CT molecular complexity index is 1130. The van der Waals surface area contributed by atoms with Crippen molar-refractivity contribution in [1.82, 2.24) is 9.55 Å². The third-order valence-electron chi connectivity index (χ3n) is 5.19. The maximum Gasteiger partial charge on any atom is 0.263 e. The van der Waals surface area contributed by atoms with Gasteiger partial charge in [0.05, 0.1) is 17.8 Å². The van der Waals surface area contributed by atoms with E-state index in [4.69, 9.17) is 0 Å². The third kappa shape index (κ3) is 3.26.